The van der Waals surface area contributed by atoms with Crippen LogP contribution >= 0.6 is 0 Å². The maximum absolute atomic E-state index is 13.5. The molecule has 3 nitrogen and oxygen atoms in total. The summed E-state index contributed by atoms with van der Waals surface area (Å²) in [5.41, 5.74) is 1.77. The molecule has 0 aromatic heterocycles. The molecule has 0 aliphatic heterocycles. The minimum absolute atomic E-state index is 0.230. The van der Waals surface area contributed by atoms with Gasteiger partial charge < -0.3 is 9.64 Å². The van der Waals surface area contributed by atoms with Crippen LogP contribution < -0.4 is 4.90 Å². The largest absolute Gasteiger partial charge is 0.459 e. The van der Waals surface area contributed by atoms with Gasteiger partial charge in [0.2, 0.25) is 0 Å². The van der Waals surface area contributed by atoms with Crippen molar-refractivity contribution in [1.29, 1.82) is 0 Å². The number of hydrogen-bond donors (Lipinski definition) is 0. The van der Waals surface area contributed by atoms with Gasteiger partial charge in [0.1, 0.15) is 6.61 Å². The van der Waals surface area contributed by atoms with Crippen LogP contribution in [-0.4, -0.2) is 13.0 Å². The number of rotatable bonds is 8. The summed E-state index contributed by atoms with van der Waals surface area (Å²) in [6.45, 7) is 4.14. The zero-order valence-electron chi connectivity index (χ0n) is 16.1. The molecule has 0 aliphatic carbocycles. The van der Waals surface area contributed by atoms with Gasteiger partial charge in [0.05, 0.1) is 0 Å². The number of anilines is 1. The van der Waals surface area contributed by atoms with E-state index in [9.17, 15) is 4.79 Å². The Labute approximate surface area is 166 Å². The molecule has 0 spiro atoms. The summed E-state index contributed by atoms with van der Waals surface area (Å²) in [6.07, 6.45) is 2.20. The first-order chi connectivity index (χ1) is 13.7. The molecule has 142 valence electrons. The topological polar surface area (TPSA) is 29.5 Å². The average molecular weight is 371 g/mol. The van der Waals surface area contributed by atoms with Crippen LogP contribution in [0.2, 0.25) is 0 Å². The van der Waals surface area contributed by atoms with E-state index in [1.54, 1.807) is 6.08 Å². The molecule has 0 amide bonds. The maximum Gasteiger partial charge on any atom is 0.337 e. The van der Waals surface area contributed by atoms with Crippen molar-refractivity contribution >= 4 is 11.7 Å². The van der Waals surface area contributed by atoms with Crippen molar-refractivity contribution in [3.63, 3.8) is 0 Å². The summed E-state index contributed by atoms with van der Waals surface area (Å²) in [6, 6.07) is 29.3. The van der Waals surface area contributed by atoms with Gasteiger partial charge in [-0.2, -0.15) is 0 Å². The third-order valence-corrected chi connectivity index (χ3v) is 4.96. The number of carbonyl (C=O) groups excluding carboxylic acids is 1. The number of hydrogen-bond acceptors (Lipinski definition) is 3. The van der Waals surface area contributed by atoms with Crippen LogP contribution in [0.15, 0.2) is 104 Å². The number of para-hydroxylation sites is 1. The number of likely N-dealkylation sites (N-methyl/N-ethyl adjacent to an activating group) is 1. The highest BCUT2D eigenvalue weighted by molar-refractivity contribution is 5.87. The quantitative estimate of drug-likeness (QED) is 0.395. The van der Waals surface area contributed by atoms with E-state index in [2.05, 4.69) is 6.58 Å². The summed E-state index contributed by atoms with van der Waals surface area (Å²) in [7, 11) is 1.93. The molecule has 3 aromatic carbocycles. The fourth-order valence-corrected chi connectivity index (χ4v) is 3.42. The molecule has 28 heavy (non-hydrogen) atoms. The van der Waals surface area contributed by atoms with Crippen LogP contribution in [0.4, 0.5) is 5.69 Å². The van der Waals surface area contributed by atoms with Gasteiger partial charge in [0.15, 0.2) is 5.54 Å². The normalized spacial score (nSPS) is 12.6. The van der Waals surface area contributed by atoms with Gasteiger partial charge in [-0.15, -0.1) is 6.58 Å². The lowest BCUT2D eigenvalue weighted by Crippen LogP contribution is -2.51. The zero-order valence-corrected chi connectivity index (χ0v) is 16.1. The molecule has 0 radical (unpaired) electrons. The van der Waals surface area contributed by atoms with Gasteiger partial charge in [-0.1, -0.05) is 84.9 Å². The minimum atomic E-state index is -1.00. The predicted octanol–water partition coefficient (Wildman–Crippen LogP) is 5.34. The van der Waals surface area contributed by atoms with E-state index in [1.807, 2.05) is 103 Å². The molecule has 3 aromatic rings. The lowest BCUT2D eigenvalue weighted by atomic mass is 9.84. The van der Waals surface area contributed by atoms with Crippen molar-refractivity contribution < 1.29 is 9.53 Å². The van der Waals surface area contributed by atoms with Gasteiger partial charge in [-0.05, 0) is 23.3 Å². The highest BCUT2D eigenvalue weighted by atomic mass is 16.5. The van der Waals surface area contributed by atoms with Crippen molar-refractivity contribution in [2.24, 2.45) is 0 Å². The van der Waals surface area contributed by atoms with Crippen LogP contribution in [0, 0.1) is 0 Å². The first kappa shape index (κ1) is 19.4. The molecule has 3 heteroatoms. The second-order valence-electron chi connectivity index (χ2n) is 6.68. The van der Waals surface area contributed by atoms with Crippen molar-refractivity contribution in [2.75, 3.05) is 11.9 Å². The number of benzene rings is 3. The highest BCUT2D eigenvalue weighted by Crippen LogP contribution is 2.37. The van der Waals surface area contributed by atoms with E-state index in [1.165, 1.54) is 0 Å². The van der Waals surface area contributed by atoms with Crippen LogP contribution in [0.1, 0.15) is 17.5 Å². The van der Waals surface area contributed by atoms with Crippen LogP contribution in [0.3, 0.4) is 0 Å². The third-order valence-electron chi connectivity index (χ3n) is 4.96. The standard InChI is InChI=1S/C25H25NO2/c1-3-19-25(22-15-9-5-10-16-22,26(2)23-17-11-6-12-18-23)24(27)28-20-21-13-7-4-8-14-21/h3-18H,1,19-20H2,2H3. The fraction of sp³-hybridized carbons (Fsp3) is 0.160. The predicted molar refractivity (Wildman–Crippen MR) is 114 cm³/mol. The van der Waals surface area contributed by atoms with E-state index in [-0.39, 0.29) is 12.6 Å². The third kappa shape index (κ3) is 3.99. The average Bonchev–Trinajstić information content (AvgIpc) is 2.77. The Morgan fingerprint density at radius 1 is 0.929 bits per heavy atom. The molecule has 0 heterocycles. The summed E-state index contributed by atoms with van der Waals surface area (Å²) in [4.78, 5) is 15.5. The molecule has 0 fully saturated rings. The fourth-order valence-electron chi connectivity index (χ4n) is 3.42. The molecule has 1 unspecified atom stereocenters. The van der Waals surface area contributed by atoms with Gasteiger partial charge in [0.25, 0.3) is 0 Å². The van der Waals surface area contributed by atoms with Crippen LogP contribution in [-0.2, 0) is 21.7 Å². The number of nitrogens with zero attached hydrogens (tertiary/aromatic N) is 1. The van der Waals surface area contributed by atoms with Crippen molar-refractivity contribution in [2.45, 2.75) is 18.6 Å². The van der Waals surface area contributed by atoms with E-state index >= 15 is 0 Å². The Bertz CT molecular complexity index is 894. The van der Waals surface area contributed by atoms with Crippen molar-refractivity contribution in [1.82, 2.24) is 0 Å². The minimum Gasteiger partial charge on any atom is -0.459 e. The molecule has 0 saturated heterocycles. The monoisotopic (exact) mass is 371 g/mol. The second-order valence-corrected chi connectivity index (χ2v) is 6.68. The maximum atomic E-state index is 13.5. The molecule has 0 saturated carbocycles. The zero-order chi connectivity index (χ0) is 19.8. The lowest BCUT2D eigenvalue weighted by Gasteiger charge is -2.41. The van der Waals surface area contributed by atoms with Gasteiger partial charge in [-0.25, -0.2) is 4.79 Å². The van der Waals surface area contributed by atoms with E-state index in [4.69, 9.17) is 4.74 Å². The first-order valence-electron chi connectivity index (χ1n) is 9.35. The number of carbonyl (C=O) groups is 1. The molecular formula is C25H25NO2. The van der Waals surface area contributed by atoms with Crippen LogP contribution in [0.25, 0.3) is 0 Å². The summed E-state index contributed by atoms with van der Waals surface area (Å²) < 4.78 is 5.81. The van der Waals surface area contributed by atoms with E-state index < -0.39 is 5.54 Å². The van der Waals surface area contributed by atoms with Crippen LogP contribution in [0.5, 0.6) is 0 Å². The van der Waals surface area contributed by atoms with Gasteiger partial charge >= 0.3 is 5.97 Å². The van der Waals surface area contributed by atoms with Crippen molar-refractivity contribution in [3.8, 4) is 0 Å². The SMILES string of the molecule is C=CCC(C(=O)OCc1ccccc1)(c1ccccc1)N(C)c1ccccc1. The molecule has 0 aliphatic rings. The highest BCUT2D eigenvalue weighted by Gasteiger charge is 2.45. The molecular weight excluding hydrogens is 346 g/mol. The van der Waals surface area contributed by atoms with E-state index in [0.29, 0.717) is 6.42 Å². The number of ether oxygens (including phenoxy) is 1. The Hall–Kier alpha value is -3.33. The molecule has 0 N–H and O–H groups in total. The number of esters is 1. The van der Waals surface area contributed by atoms with Crippen molar-refractivity contribution in [3.05, 3.63) is 115 Å². The summed E-state index contributed by atoms with van der Waals surface area (Å²) in [5, 5.41) is 0. The summed E-state index contributed by atoms with van der Waals surface area (Å²) in [5.74, 6) is -0.297. The van der Waals surface area contributed by atoms with Gasteiger partial charge in [-0.3, -0.25) is 0 Å². The van der Waals surface area contributed by atoms with Gasteiger partial charge in [0, 0.05) is 19.2 Å². The Morgan fingerprint density at radius 3 is 2.04 bits per heavy atom. The molecule has 3 rings (SSSR count). The molecule has 1 atom stereocenters. The molecule has 0 bridgehead atoms. The smallest absolute Gasteiger partial charge is 0.337 e. The second kappa shape index (κ2) is 9.05. The lowest BCUT2D eigenvalue weighted by molar-refractivity contribution is -0.152. The Balaban J connectivity index is 2.01. The Kier molecular flexibility index (Phi) is 6.28. The summed E-state index contributed by atoms with van der Waals surface area (Å²) >= 11 is 0. The first-order valence-corrected chi connectivity index (χ1v) is 9.35. The Morgan fingerprint density at radius 2 is 1.46 bits per heavy atom. The van der Waals surface area contributed by atoms with E-state index in [0.717, 1.165) is 16.8 Å².